The van der Waals surface area contributed by atoms with Crippen molar-refractivity contribution in [3.63, 3.8) is 0 Å². The maximum absolute atomic E-state index is 11.9. The van der Waals surface area contributed by atoms with E-state index in [1.165, 1.54) is 0 Å². The highest BCUT2D eigenvalue weighted by Gasteiger charge is 2.35. The van der Waals surface area contributed by atoms with Crippen LogP contribution in [0.3, 0.4) is 0 Å². The Hall–Kier alpha value is -1.44. The number of nitriles is 1. The maximum Gasteiger partial charge on any atom is 0.320 e. The fourth-order valence-corrected chi connectivity index (χ4v) is 2.54. The van der Waals surface area contributed by atoms with Gasteiger partial charge in [0, 0.05) is 5.02 Å². The minimum atomic E-state index is -0.755. The lowest BCUT2D eigenvalue weighted by Crippen LogP contribution is -2.47. The number of hydrogen-bond acceptors (Lipinski definition) is 2. The average Bonchev–Trinajstić information content (AvgIpc) is 2.83. The van der Waals surface area contributed by atoms with E-state index >= 15 is 0 Å². The molecule has 1 aliphatic rings. The van der Waals surface area contributed by atoms with Crippen molar-refractivity contribution in [3.8, 4) is 6.07 Å². The van der Waals surface area contributed by atoms with E-state index in [4.69, 9.17) is 23.2 Å². The fourth-order valence-electron chi connectivity index (χ4n) is 2.21. The van der Waals surface area contributed by atoms with Gasteiger partial charge in [-0.15, -0.1) is 0 Å². The molecule has 1 saturated carbocycles. The second-order valence-corrected chi connectivity index (χ2v) is 5.45. The lowest BCUT2D eigenvalue weighted by molar-refractivity contribution is 0.244. The van der Waals surface area contributed by atoms with Crippen LogP contribution in [0.25, 0.3) is 0 Å². The number of rotatable bonds is 2. The number of carbonyl (C=O) groups excluding carboxylic acids is 1. The highest BCUT2D eigenvalue weighted by Crippen LogP contribution is 2.29. The van der Waals surface area contributed by atoms with Crippen molar-refractivity contribution in [2.24, 2.45) is 0 Å². The molecule has 0 saturated heterocycles. The first-order valence-electron chi connectivity index (χ1n) is 6.00. The molecule has 0 unspecified atom stereocenters. The van der Waals surface area contributed by atoms with Crippen LogP contribution in [0.2, 0.25) is 10.0 Å². The summed E-state index contributed by atoms with van der Waals surface area (Å²) in [5.41, 5.74) is -0.326. The minimum Gasteiger partial charge on any atom is -0.319 e. The van der Waals surface area contributed by atoms with Gasteiger partial charge in [-0.05, 0) is 43.9 Å². The van der Waals surface area contributed by atoms with Gasteiger partial charge in [0.25, 0.3) is 0 Å². The summed E-state index contributed by atoms with van der Waals surface area (Å²) in [7, 11) is 0. The van der Waals surface area contributed by atoms with Crippen molar-refractivity contribution in [3.05, 3.63) is 28.2 Å². The quantitative estimate of drug-likeness (QED) is 0.868. The standard InChI is InChI=1S/C13H13Cl2N3O/c14-9-3-4-10(15)11(7-9)17-12(19)18-13(8-16)5-1-2-6-13/h3-4,7H,1-2,5-6H2,(H2,17,18,19). The molecule has 1 aliphatic carbocycles. The number of halogens is 2. The zero-order chi connectivity index (χ0) is 13.9. The number of nitrogens with one attached hydrogen (secondary N) is 2. The second-order valence-electron chi connectivity index (χ2n) is 4.60. The Labute approximate surface area is 121 Å². The summed E-state index contributed by atoms with van der Waals surface area (Å²) in [5.74, 6) is 0. The number of urea groups is 1. The number of hydrogen-bond donors (Lipinski definition) is 2. The largest absolute Gasteiger partial charge is 0.320 e. The Bertz CT molecular complexity index is 533. The minimum absolute atomic E-state index is 0.400. The Kier molecular flexibility index (Phi) is 4.18. The molecule has 2 rings (SSSR count). The van der Waals surface area contributed by atoms with E-state index in [0.29, 0.717) is 28.6 Å². The fraction of sp³-hybridized carbons (Fsp3) is 0.385. The van der Waals surface area contributed by atoms with Gasteiger partial charge in [0.2, 0.25) is 0 Å². The molecule has 100 valence electrons. The molecule has 4 nitrogen and oxygen atoms in total. The van der Waals surface area contributed by atoms with E-state index < -0.39 is 11.6 Å². The number of nitrogens with zero attached hydrogens (tertiary/aromatic N) is 1. The molecule has 2 amide bonds. The molecule has 0 radical (unpaired) electrons. The third kappa shape index (κ3) is 3.31. The van der Waals surface area contributed by atoms with Gasteiger partial charge in [0.1, 0.15) is 5.54 Å². The van der Waals surface area contributed by atoms with Gasteiger partial charge in [-0.3, -0.25) is 0 Å². The van der Waals surface area contributed by atoms with E-state index in [9.17, 15) is 10.1 Å². The molecule has 1 aromatic rings. The molecule has 0 aliphatic heterocycles. The zero-order valence-electron chi connectivity index (χ0n) is 10.2. The zero-order valence-corrected chi connectivity index (χ0v) is 11.7. The van der Waals surface area contributed by atoms with Gasteiger partial charge in [-0.1, -0.05) is 23.2 Å². The van der Waals surface area contributed by atoms with Crippen molar-refractivity contribution in [2.75, 3.05) is 5.32 Å². The molecule has 1 fully saturated rings. The summed E-state index contributed by atoms with van der Waals surface area (Å²) in [4.78, 5) is 11.9. The van der Waals surface area contributed by atoms with Crippen molar-refractivity contribution in [2.45, 2.75) is 31.2 Å². The van der Waals surface area contributed by atoms with Gasteiger partial charge in [-0.2, -0.15) is 5.26 Å². The lowest BCUT2D eigenvalue weighted by atomic mass is 10.0. The predicted molar refractivity (Wildman–Crippen MR) is 75.4 cm³/mol. The third-order valence-corrected chi connectivity index (χ3v) is 3.77. The van der Waals surface area contributed by atoms with Crippen molar-refractivity contribution >= 4 is 34.9 Å². The normalized spacial score (nSPS) is 16.7. The number of carbonyl (C=O) groups is 1. The van der Waals surface area contributed by atoms with Crippen LogP contribution in [0.5, 0.6) is 0 Å². The molecule has 0 bridgehead atoms. The molecule has 0 spiro atoms. The molecule has 6 heteroatoms. The molecule has 0 atom stereocenters. The van der Waals surface area contributed by atoms with Crippen LogP contribution in [-0.4, -0.2) is 11.6 Å². The van der Waals surface area contributed by atoms with Gasteiger partial charge in [-0.25, -0.2) is 4.79 Å². The predicted octanol–water partition coefficient (Wildman–Crippen LogP) is 3.95. The van der Waals surface area contributed by atoms with Crippen molar-refractivity contribution < 1.29 is 4.79 Å². The third-order valence-electron chi connectivity index (χ3n) is 3.20. The van der Waals surface area contributed by atoms with Gasteiger partial charge in [0.15, 0.2) is 0 Å². The summed E-state index contributed by atoms with van der Waals surface area (Å²) in [6.07, 6.45) is 3.26. The molecular formula is C13H13Cl2N3O. The smallest absolute Gasteiger partial charge is 0.319 e. The van der Waals surface area contributed by atoms with Crippen LogP contribution in [0.1, 0.15) is 25.7 Å². The van der Waals surface area contributed by atoms with E-state index in [1.54, 1.807) is 18.2 Å². The Morgan fingerprint density at radius 1 is 1.32 bits per heavy atom. The molecule has 2 N–H and O–H groups in total. The second kappa shape index (κ2) is 5.68. The molecule has 19 heavy (non-hydrogen) atoms. The Balaban J connectivity index is 2.05. The van der Waals surface area contributed by atoms with E-state index in [1.807, 2.05) is 0 Å². The summed E-state index contributed by atoms with van der Waals surface area (Å²) < 4.78 is 0. The highest BCUT2D eigenvalue weighted by atomic mass is 35.5. The van der Waals surface area contributed by atoms with Crippen LogP contribution < -0.4 is 10.6 Å². The average molecular weight is 298 g/mol. The van der Waals surface area contributed by atoms with Crippen LogP contribution in [0.15, 0.2) is 18.2 Å². The van der Waals surface area contributed by atoms with Crippen LogP contribution in [-0.2, 0) is 0 Å². The van der Waals surface area contributed by atoms with Crippen molar-refractivity contribution in [1.82, 2.24) is 5.32 Å². The molecular weight excluding hydrogens is 285 g/mol. The Morgan fingerprint density at radius 2 is 2.00 bits per heavy atom. The highest BCUT2D eigenvalue weighted by molar-refractivity contribution is 6.35. The van der Waals surface area contributed by atoms with E-state index in [2.05, 4.69) is 16.7 Å². The van der Waals surface area contributed by atoms with Crippen LogP contribution >= 0.6 is 23.2 Å². The van der Waals surface area contributed by atoms with E-state index in [-0.39, 0.29) is 0 Å². The summed E-state index contributed by atoms with van der Waals surface area (Å²) in [6, 6.07) is 6.56. The number of anilines is 1. The van der Waals surface area contributed by atoms with E-state index in [0.717, 1.165) is 12.8 Å². The lowest BCUT2D eigenvalue weighted by Gasteiger charge is -2.22. The van der Waals surface area contributed by atoms with Crippen molar-refractivity contribution in [1.29, 1.82) is 5.26 Å². The Morgan fingerprint density at radius 3 is 2.63 bits per heavy atom. The first-order chi connectivity index (χ1) is 9.04. The number of benzene rings is 1. The first-order valence-corrected chi connectivity index (χ1v) is 6.76. The SMILES string of the molecule is N#CC1(NC(=O)Nc2cc(Cl)ccc2Cl)CCCC1. The van der Waals surface area contributed by atoms with Gasteiger partial charge in [0.05, 0.1) is 16.8 Å². The number of amides is 2. The molecule has 0 aromatic heterocycles. The topological polar surface area (TPSA) is 64.9 Å². The summed E-state index contributed by atoms with van der Waals surface area (Å²) >= 11 is 11.8. The summed E-state index contributed by atoms with van der Waals surface area (Å²) in [6.45, 7) is 0. The van der Waals surface area contributed by atoms with Crippen LogP contribution in [0.4, 0.5) is 10.5 Å². The molecule has 1 aromatic carbocycles. The van der Waals surface area contributed by atoms with Gasteiger partial charge >= 0.3 is 6.03 Å². The summed E-state index contributed by atoms with van der Waals surface area (Å²) in [5, 5.41) is 15.4. The van der Waals surface area contributed by atoms with Gasteiger partial charge < -0.3 is 10.6 Å². The maximum atomic E-state index is 11.9. The monoisotopic (exact) mass is 297 g/mol. The van der Waals surface area contributed by atoms with Crippen LogP contribution in [0, 0.1) is 11.3 Å². The first kappa shape index (κ1) is 14.0. The molecule has 0 heterocycles.